The molecule has 144 valence electrons. The number of aromatic nitrogens is 2. The summed E-state index contributed by atoms with van der Waals surface area (Å²) in [4.78, 5) is 29.2. The zero-order valence-corrected chi connectivity index (χ0v) is 16.2. The standard InChI is InChI=1S/C20H20N4O3S/c1-12(25)22-15-6-2-13(3-7-15)10-18-23-19(24-27-18)17-9-8-16(28-17)11-21-20(26)14-4-5-14/h2-3,6-9,14H,4-5,10-11H2,1H3,(H,21,26)(H,22,25). The van der Waals surface area contributed by atoms with Crippen molar-refractivity contribution in [2.45, 2.75) is 32.7 Å². The quantitative estimate of drug-likeness (QED) is 0.638. The molecule has 8 heteroatoms. The summed E-state index contributed by atoms with van der Waals surface area (Å²) in [6, 6.07) is 11.4. The summed E-state index contributed by atoms with van der Waals surface area (Å²) in [5, 5.41) is 9.76. The van der Waals surface area contributed by atoms with Gasteiger partial charge in [-0.2, -0.15) is 4.98 Å². The van der Waals surface area contributed by atoms with Crippen LogP contribution in [-0.4, -0.2) is 22.0 Å². The van der Waals surface area contributed by atoms with Gasteiger partial charge < -0.3 is 15.2 Å². The lowest BCUT2D eigenvalue weighted by Crippen LogP contribution is -2.23. The van der Waals surface area contributed by atoms with Crippen LogP contribution in [0, 0.1) is 5.92 Å². The van der Waals surface area contributed by atoms with Crippen molar-refractivity contribution in [3.63, 3.8) is 0 Å². The molecule has 0 spiro atoms. The van der Waals surface area contributed by atoms with Crippen LogP contribution in [0.2, 0.25) is 0 Å². The maximum absolute atomic E-state index is 11.7. The van der Waals surface area contributed by atoms with Crippen LogP contribution in [-0.2, 0) is 22.6 Å². The number of hydrogen-bond donors (Lipinski definition) is 2. The van der Waals surface area contributed by atoms with E-state index in [0.717, 1.165) is 33.8 Å². The summed E-state index contributed by atoms with van der Waals surface area (Å²) in [6.45, 7) is 2.01. The fourth-order valence-corrected chi connectivity index (χ4v) is 3.64. The highest BCUT2D eigenvalue weighted by Gasteiger charge is 2.29. The van der Waals surface area contributed by atoms with Gasteiger partial charge in [0, 0.05) is 23.4 Å². The average molecular weight is 396 g/mol. The van der Waals surface area contributed by atoms with E-state index in [-0.39, 0.29) is 17.7 Å². The van der Waals surface area contributed by atoms with Gasteiger partial charge in [-0.05, 0) is 42.7 Å². The number of thiophene rings is 1. The monoisotopic (exact) mass is 396 g/mol. The van der Waals surface area contributed by atoms with Crippen LogP contribution in [0.5, 0.6) is 0 Å². The molecule has 4 rings (SSSR count). The first-order valence-electron chi connectivity index (χ1n) is 9.13. The molecule has 2 aromatic heterocycles. The molecule has 7 nitrogen and oxygen atoms in total. The third kappa shape index (κ3) is 4.64. The molecule has 0 aliphatic heterocycles. The molecule has 1 aromatic carbocycles. The summed E-state index contributed by atoms with van der Waals surface area (Å²) < 4.78 is 5.37. The van der Waals surface area contributed by atoms with Crippen molar-refractivity contribution < 1.29 is 14.1 Å². The van der Waals surface area contributed by atoms with Crippen LogP contribution in [0.1, 0.15) is 36.1 Å². The van der Waals surface area contributed by atoms with Crippen LogP contribution < -0.4 is 10.6 Å². The number of nitrogens with one attached hydrogen (secondary N) is 2. The number of rotatable bonds is 7. The van der Waals surface area contributed by atoms with E-state index in [1.54, 1.807) is 11.3 Å². The number of anilines is 1. The lowest BCUT2D eigenvalue weighted by molar-refractivity contribution is -0.122. The van der Waals surface area contributed by atoms with Gasteiger partial charge in [0.25, 0.3) is 0 Å². The summed E-state index contributed by atoms with van der Waals surface area (Å²) in [5.41, 5.74) is 1.77. The Kier molecular flexibility index (Phi) is 5.21. The molecule has 0 atom stereocenters. The summed E-state index contributed by atoms with van der Waals surface area (Å²) >= 11 is 1.55. The molecule has 0 radical (unpaired) electrons. The van der Waals surface area contributed by atoms with Gasteiger partial charge in [-0.15, -0.1) is 11.3 Å². The molecular formula is C20H20N4O3S. The Morgan fingerprint density at radius 1 is 1.18 bits per heavy atom. The van der Waals surface area contributed by atoms with Gasteiger partial charge in [0.05, 0.1) is 17.8 Å². The molecule has 2 N–H and O–H groups in total. The normalized spacial score (nSPS) is 13.3. The summed E-state index contributed by atoms with van der Waals surface area (Å²) in [7, 11) is 0. The predicted octanol–water partition coefficient (Wildman–Crippen LogP) is 3.37. The summed E-state index contributed by atoms with van der Waals surface area (Å²) in [5.74, 6) is 1.33. The average Bonchev–Trinajstić information content (AvgIpc) is 3.24. The largest absolute Gasteiger partial charge is 0.351 e. The molecular weight excluding hydrogens is 376 g/mol. The van der Waals surface area contributed by atoms with Crippen molar-refractivity contribution in [1.82, 2.24) is 15.5 Å². The van der Waals surface area contributed by atoms with E-state index in [1.807, 2.05) is 36.4 Å². The second-order valence-electron chi connectivity index (χ2n) is 6.82. The lowest BCUT2D eigenvalue weighted by atomic mass is 10.1. The highest BCUT2D eigenvalue weighted by molar-refractivity contribution is 7.15. The van der Waals surface area contributed by atoms with Crippen molar-refractivity contribution in [3.8, 4) is 10.7 Å². The van der Waals surface area contributed by atoms with Crippen molar-refractivity contribution in [2.75, 3.05) is 5.32 Å². The molecule has 1 fully saturated rings. The van der Waals surface area contributed by atoms with Crippen molar-refractivity contribution >= 4 is 28.8 Å². The Hall–Kier alpha value is -3.00. The van der Waals surface area contributed by atoms with Gasteiger partial charge >= 0.3 is 0 Å². The minimum atomic E-state index is -0.100. The van der Waals surface area contributed by atoms with E-state index in [4.69, 9.17) is 4.52 Å². The molecule has 2 amide bonds. The van der Waals surface area contributed by atoms with Crippen LogP contribution in [0.25, 0.3) is 10.7 Å². The number of hydrogen-bond acceptors (Lipinski definition) is 6. The zero-order chi connectivity index (χ0) is 19.5. The second kappa shape index (κ2) is 7.93. The summed E-state index contributed by atoms with van der Waals surface area (Å²) in [6.07, 6.45) is 2.52. The molecule has 3 aromatic rings. The molecule has 28 heavy (non-hydrogen) atoms. The van der Waals surface area contributed by atoms with Crippen molar-refractivity contribution in [1.29, 1.82) is 0 Å². The number of amides is 2. The fraction of sp³-hybridized carbons (Fsp3) is 0.300. The number of nitrogens with zero attached hydrogens (tertiary/aromatic N) is 2. The Morgan fingerprint density at radius 2 is 1.96 bits per heavy atom. The van der Waals surface area contributed by atoms with Crippen LogP contribution >= 0.6 is 11.3 Å². The van der Waals surface area contributed by atoms with Crippen molar-refractivity contribution in [2.24, 2.45) is 5.92 Å². The van der Waals surface area contributed by atoms with E-state index in [0.29, 0.717) is 24.7 Å². The highest BCUT2D eigenvalue weighted by atomic mass is 32.1. The Labute approximate surface area is 166 Å². The molecule has 1 aliphatic rings. The Bertz CT molecular complexity index is 989. The van der Waals surface area contributed by atoms with E-state index < -0.39 is 0 Å². The van der Waals surface area contributed by atoms with Gasteiger partial charge in [0.1, 0.15) is 0 Å². The van der Waals surface area contributed by atoms with Crippen molar-refractivity contribution in [3.05, 3.63) is 52.7 Å². The second-order valence-corrected chi connectivity index (χ2v) is 7.99. The predicted molar refractivity (Wildman–Crippen MR) is 106 cm³/mol. The minimum Gasteiger partial charge on any atom is -0.351 e. The third-order valence-corrected chi connectivity index (χ3v) is 5.45. The van der Waals surface area contributed by atoms with E-state index in [2.05, 4.69) is 20.8 Å². The lowest BCUT2D eigenvalue weighted by Gasteiger charge is -2.02. The van der Waals surface area contributed by atoms with E-state index in [1.165, 1.54) is 6.92 Å². The van der Waals surface area contributed by atoms with Gasteiger partial charge in [0.2, 0.25) is 23.5 Å². The number of carbonyl (C=O) groups excluding carboxylic acids is 2. The minimum absolute atomic E-state index is 0.100. The molecule has 1 saturated carbocycles. The Balaban J connectivity index is 1.36. The van der Waals surface area contributed by atoms with Gasteiger partial charge in [0.15, 0.2) is 0 Å². The third-order valence-electron chi connectivity index (χ3n) is 4.36. The Morgan fingerprint density at radius 3 is 2.68 bits per heavy atom. The highest BCUT2D eigenvalue weighted by Crippen LogP contribution is 2.30. The number of benzene rings is 1. The topological polar surface area (TPSA) is 97.1 Å². The van der Waals surface area contributed by atoms with Gasteiger partial charge in [-0.1, -0.05) is 17.3 Å². The zero-order valence-electron chi connectivity index (χ0n) is 15.4. The van der Waals surface area contributed by atoms with Crippen LogP contribution in [0.4, 0.5) is 5.69 Å². The molecule has 0 unspecified atom stereocenters. The van der Waals surface area contributed by atoms with Gasteiger partial charge in [-0.25, -0.2) is 0 Å². The first-order chi connectivity index (χ1) is 13.6. The number of carbonyl (C=O) groups is 2. The molecule has 0 bridgehead atoms. The molecule has 0 saturated heterocycles. The van der Waals surface area contributed by atoms with E-state index >= 15 is 0 Å². The SMILES string of the molecule is CC(=O)Nc1ccc(Cc2nc(-c3ccc(CNC(=O)C4CC4)s3)no2)cc1. The van der Waals surface area contributed by atoms with Gasteiger partial charge in [-0.3, -0.25) is 9.59 Å². The molecule has 1 aliphatic carbocycles. The fourth-order valence-electron chi connectivity index (χ4n) is 2.77. The maximum atomic E-state index is 11.7. The van der Waals surface area contributed by atoms with Crippen LogP contribution in [0.3, 0.4) is 0 Å². The maximum Gasteiger partial charge on any atom is 0.231 e. The molecule has 2 heterocycles. The smallest absolute Gasteiger partial charge is 0.231 e. The first kappa shape index (κ1) is 18.4. The van der Waals surface area contributed by atoms with E-state index in [9.17, 15) is 9.59 Å². The first-order valence-corrected chi connectivity index (χ1v) is 9.94. The van der Waals surface area contributed by atoms with Crippen LogP contribution in [0.15, 0.2) is 40.9 Å².